The van der Waals surface area contributed by atoms with Crippen LogP contribution in [0.3, 0.4) is 0 Å². The Labute approximate surface area is 111 Å². The van der Waals surface area contributed by atoms with Crippen LogP contribution in [0.2, 0.25) is 0 Å². The number of para-hydroxylation sites is 1. The van der Waals surface area contributed by atoms with Gasteiger partial charge in [-0.1, -0.05) is 18.2 Å². The van der Waals surface area contributed by atoms with Crippen LogP contribution in [0, 0.1) is 6.92 Å². The Morgan fingerprint density at radius 3 is 2.58 bits per heavy atom. The highest BCUT2D eigenvalue weighted by molar-refractivity contribution is 5.89. The van der Waals surface area contributed by atoms with Gasteiger partial charge in [0.15, 0.2) is 0 Å². The monoisotopic (exact) mass is 260 g/mol. The lowest BCUT2D eigenvalue weighted by atomic mass is 10.3. The van der Waals surface area contributed by atoms with E-state index in [1.807, 2.05) is 37.3 Å². The number of methoxy groups -OCH3 is 1. The highest BCUT2D eigenvalue weighted by Gasteiger charge is 2.17. The lowest BCUT2D eigenvalue weighted by Gasteiger charge is -2.08. The molecule has 0 aliphatic rings. The first-order valence-electron chi connectivity index (χ1n) is 5.85. The van der Waals surface area contributed by atoms with Gasteiger partial charge in [-0.2, -0.15) is 0 Å². The van der Waals surface area contributed by atoms with Gasteiger partial charge in [0, 0.05) is 7.05 Å². The van der Waals surface area contributed by atoms with Crippen molar-refractivity contribution in [3.8, 4) is 11.6 Å². The van der Waals surface area contributed by atoms with Crippen molar-refractivity contribution >= 4 is 11.8 Å². The summed E-state index contributed by atoms with van der Waals surface area (Å²) < 4.78 is 6.84. The van der Waals surface area contributed by atoms with Gasteiger partial charge in [0.25, 0.3) is 0 Å². The molecule has 0 aliphatic carbocycles. The van der Waals surface area contributed by atoms with Crippen LogP contribution in [0.15, 0.2) is 30.3 Å². The van der Waals surface area contributed by atoms with E-state index in [9.17, 15) is 4.79 Å². The topological polar surface area (TPSA) is 68.2 Å². The molecule has 2 rings (SSSR count). The van der Waals surface area contributed by atoms with Gasteiger partial charge in [-0.3, -0.25) is 5.32 Å². The van der Waals surface area contributed by atoms with E-state index in [2.05, 4.69) is 15.7 Å². The van der Waals surface area contributed by atoms with Crippen molar-refractivity contribution in [2.45, 2.75) is 6.92 Å². The predicted molar refractivity (Wildman–Crippen MR) is 72.9 cm³/mol. The average molecular weight is 260 g/mol. The Morgan fingerprint density at radius 2 is 2.00 bits per heavy atom. The minimum atomic E-state index is -0.303. The Hall–Kier alpha value is -2.50. The van der Waals surface area contributed by atoms with Gasteiger partial charge in [0.2, 0.25) is 5.88 Å². The summed E-state index contributed by atoms with van der Waals surface area (Å²) in [5, 5.41) is 9.60. The van der Waals surface area contributed by atoms with E-state index in [0.29, 0.717) is 11.7 Å². The Bertz CT molecular complexity index is 578. The van der Waals surface area contributed by atoms with Crippen molar-refractivity contribution in [3.05, 3.63) is 35.9 Å². The number of hydrogen-bond donors (Lipinski definition) is 2. The lowest BCUT2D eigenvalue weighted by molar-refractivity contribution is 0.254. The molecule has 2 aromatic rings. The summed E-state index contributed by atoms with van der Waals surface area (Å²) in [5.41, 5.74) is 1.62. The number of ether oxygens (including phenoxy) is 1. The molecule has 0 saturated carbocycles. The molecule has 2 N–H and O–H groups in total. The number of nitrogens with one attached hydrogen (secondary N) is 2. The molecule has 0 spiro atoms. The van der Waals surface area contributed by atoms with E-state index in [1.54, 1.807) is 18.8 Å². The van der Waals surface area contributed by atoms with E-state index in [4.69, 9.17) is 4.74 Å². The van der Waals surface area contributed by atoms with Crippen LogP contribution < -0.4 is 15.4 Å². The summed E-state index contributed by atoms with van der Waals surface area (Å²) in [5.74, 6) is 1.07. The fraction of sp³-hybridized carbons (Fsp3) is 0.231. The third-order valence-corrected chi connectivity index (χ3v) is 2.73. The molecular formula is C13H16N4O2. The van der Waals surface area contributed by atoms with Gasteiger partial charge >= 0.3 is 6.03 Å². The number of carbonyl (C=O) groups is 1. The van der Waals surface area contributed by atoms with Gasteiger partial charge in [-0.25, -0.2) is 9.48 Å². The molecule has 2 amide bonds. The number of urea groups is 1. The first-order chi connectivity index (χ1) is 9.17. The van der Waals surface area contributed by atoms with Crippen LogP contribution in [-0.4, -0.2) is 30.0 Å². The maximum absolute atomic E-state index is 11.5. The molecule has 0 atom stereocenters. The summed E-state index contributed by atoms with van der Waals surface area (Å²) in [4.78, 5) is 11.5. The number of anilines is 1. The maximum Gasteiger partial charge on any atom is 0.320 e. The van der Waals surface area contributed by atoms with Crippen LogP contribution >= 0.6 is 0 Å². The molecule has 1 aromatic carbocycles. The van der Waals surface area contributed by atoms with E-state index in [-0.39, 0.29) is 6.03 Å². The SMILES string of the molecule is CNC(=O)Nc1c(C)c(OC)nn1-c1ccccc1. The number of hydrogen-bond acceptors (Lipinski definition) is 3. The Balaban J connectivity index is 2.50. The minimum absolute atomic E-state index is 0.303. The highest BCUT2D eigenvalue weighted by Crippen LogP contribution is 2.27. The van der Waals surface area contributed by atoms with Crippen LogP contribution in [0.5, 0.6) is 5.88 Å². The number of aromatic nitrogens is 2. The molecule has 6 heteroatoms. The number of amides is 2. The molecule has 0 aliphatic heterocycles. The van der Waals surface area contributed by atoms with E-state index < -0.39 is 0 Å². The molecule has 0 fully saturated rings. The van der Waals surface area contributed by atoms with Crippen LogP contribution in [0.25, 0.3) is 5.69 Å². The molecule has 19 heavy (non-hydrogen) atoms. The molecule has 0 saturated heterocycles. The third-order valence-electron chi connectivity index (χ3n) is 2.73. The lowest BCUT2D eigenvalue weighted by Crippen LogP contribution is -2.26. The summed E-state index contributed by atoms with van der Waals surface area (Å²) in [6.45, 7) is 1.84. The average Bonchev–Trinajstić information content (AvgIpc) is 2.76. The van der Waals surface area contributed by atoms with E-state index in [1.165, 1.54) is 0 Å². The number of carbonyl (C=O) groups excluding carboxylic acids is 1. The molecule has 0 radical (unpaired) electrons. The van der Waals surface area contributed by atoms with Crippen LogP contribution in [0.4, 0.5) is 10.6 Å². The maximum atomic E-state index is 11.5. The zero-order valence-corrected chi connectivity index (χ0v) is 11.1. The first-order valence-corrected chi connectivity index (χ1v) is 5.85. The second-order valence-corrected chi connectivity index (χ2v) is 3.93. The molecule has 0 bridgehead atoms. The largest absolute Gasteiger partial charge is 0.480 e. The number of rotatable bonds is 3. The zero-order chi connectivity index (χ0) is 13.8. The van der Waals surface area contributed by atoms with Crippen molar-refractivity contribution in [2.24, 2.45) is 0 Å². The van der Waals surface area contributed by atoms with Crippen molar-refractivity contribution < 1.29 is 9.53 Å². The van der Waals surface area contributed by atoms with Gasteiger partial charge in [0.05, 0.1) is 18.4 Å². The Kier molecular flexibility index (Phi) is 3.70. The normalized spacial score (nSPS) is 10.1. The molecule has 1 aromatic heterocycles. The standard InChI is InChI=1S/C13H16N4O2/c1-9-11(15-13(18)14-2)17(16-12(9)19-3)10-7-5-4-6-8-10/h4-8H,1-3H3,(H2,14,15,18). The van der Waals surface area contributed by atoms with E-state index >= 15 is 0 Å². The summed E-state index contributed by atoms with van der Waals surface area (Å²) in [6.07, 6.45) is 0. The summed E-state index contributed by atoms with van der Waals surface area (Å²) in [6, 6.07) is 9.23. The highest BCUT2D eigenvalue weighted by atomic mass is 16.5. The minimum Gasteiger partial charge on any atom is -0.480 e. The molecule has 1 heterocycles. The fourth-order valence-electron chi connectivity index (χ4n) is 1.74. The first kappa shape index (κ1) is 12.9. The van der Waals surface area contributed by atoms with Gasteiger partial charge in [-0.05, 0) is 19.1 Å². The smallest absolute Gasteiger partial charge is 0.320 e. The van der Waals surface area contributed by atoms with Gasteiger partial charge in [0.1, 0.15) is 5.82 Å². The molecule has 100 valence electrons. The van der Waals surface area contributed by atoms with Crippen molar-refractivity contribution in [2.75, 3.05) is 19.5 Å². The van der Waals surface area contributed by atoms with Crippen LogP contribution in [0.1, 0.15) is 5.56 Å². The number of nitrogens with zero attached hydrogens (tertiary/aromatic N) is 2. The van der Waals surface area contributed by atoms with Crippen molar-refractivity contribution in [1.29, 1.82) is 0 Å². The molecule has 0 unspecified atom stereocenters. The summed E-state index contributed by atoms with van der Waals surface area (Å²) >= 11 is 0. The van der Waals surface area contributed by atoms with Crippen molar-refractivity contribution in [1.82, 2.24) is 15.1 Å². The van der Waals surface area contributed by atoms with Crippen molar-refractivity contribution in [3.63, 3.8) is 0 Å². The number of benzene rings is 1. The molecular weight excluding hydrogens is 244 g/mol. The van der Waals surface area contributed by atoms with E-state index in [0.717, 1.165) is 11.3 Å². The second kappa shape index (κ2) is 5.43. The fourth-order valence-corrected chi connectivity index (χ4v) is 1.74. The van der Waals surface area contributed by atoms with Gasteiger partial charge < -0.3 is 10.1 Å². The van der Waals surface area contributed by atoms with Crippen LogP contribution in [-0.2, 0) is 0 Å². The van der Waals surface area contributed by atoms with Gasteiger partial charge in [-0.15, -0.1) is 5.10 Å². The third kappa shape index (κ3) is 2.52. The zero-order valence-electron chi connectivity index (χ0n) is 11.1. The predicted octanol–water partition coefficient (Wildman–Crippen LogP) is 1.94. The summed E-state index contributed by atoms with van der Waals surface area (Å²) in [7, 11) is 3.11. The Morgan fingerprint density at radius 1 is 1.32 bits per heavy atom. The molecule has 6 nitrogen and oxygen atoms in total. The quantitative estimate of drug-likeness (QED) is 0.886. The second-order valence-electron chi connectivity index (χ2n) is 3.93.